The first kappa shape index (κ1) is 14.3. The molecule has 1 fully saturated rings. The van der Waals surface area contributed by atoms with Crippen LogP contribution < -0.4 is 15.4 Å². The fraction of sp³-hybridized carbons (Fsp3) is 0.600. The van der Waals surface area contributed by atoms with Gasteiger partial charge in [0, 0.05) is 31.7 Å². The van der Waals surface area contributed by atoms with Crippen LogP contribution in [-0.2, 0) is 6.42 Å². The maximum absolute atomic E-state index is 5.54. The highest BCUT2D eigenvalue weighted by molar-refractivity contribution is 5.39. The summed E-state index contributed by atoms with van der Waals surface area (Å²) in [4.78, 5) is 2.47. The molecule has 4 nitrogen and oxygen atoms in total. The van der Waals surface area contributed by atoms with Crippen molar-refractivity contribution in [3.63, 3.8) is 0 Å². The molecule has 1 saturated heterocycles. The smallest absolute Gasteiger partial charge is 0.125 e. The SMILES string of the molecule is CCc1ccc(OC)c(C(NC)N2CCNCC2)c1. The second kappa shape index (κ2) is 6.89. The molecule has 2 rings (SSSR count). The monoisotopic (exact) mass is 263 g/mol. The molecule has 0 amide bonds. The summed E-state index contributed by atoms with van der Waals surface area (Å²) in [6, 6.07) is 6.50. The molecule has 0 radical (unpaired) electrons. The average Bonchev–Trinajstić information content (AvgIpc) is 2.49. The van der Waals surface area contributed by atoms with Crippen molar-refractivity contribution >= 4 is 0 Å². The summed E-state index contributed by atoms with van der Waals surface area (Å²) in [5.74, 6) is 0.968. The van der Waals surface area contributed by atoms with E-state index in [4.69, 9.17) is 4.74 Å². The first-order valence-corrected chi connectivity index (χ1v) is 7.09. The van der Waals surface area contributed by atoms with Crippen LogP contribution in [0.1, 0.15) is 24.2 Å². The van der Waals surface area contributed by atoms with E-state index in [1.807, 2.05) is 7.05 Å². The molecule has 1 aromatic carbocycles. The molecule has 2 N–H and O–H groups in total. The minimum absolute atomic E-state index is 0.226. The van der Waals surface area contributed by atoms with Crippen molar-refractivity contribution in [3.05, 3.63) is 29.3 Å². The number of nitrogens with one attached hydrogen (secondary N) is 2. The van der Waals surface area contributed by atoms with Gasteiger partial charge in [-0.05, 0) is 31.2 Å². The van der Waals surface area contributed by atoms with E-state index in [1.54, 1.807) is 7.11 Å². The molecule has 0 aliphatic carbocycles. The largest absolute Gasteiger partial charge is 0.496 e. The minimum atomic E-state index is 0.226. The minimum Gasteiger partial charge on any atom is -0.496 e. The highest BCUT2D eigenvalue weighted by atomic mass is 16.5. The molecule has 0 saturated carbocycles. The molecule has 0 bridgehead atoms. The molecule has 1 atom stereocenters. The van der Waals surface area contributed by atoms with Gasteiger partial charge in [0.25, 0.3) is 0 Å². The average molecular weight is 263 g/mol. The Bertz CT molecular complexity index is 402. The van der Waals surface area contributed by atoms with Crippen LogP contribution in [0.3, 0.4) is 0 Å². The fourth-order valence-corrected chi connectivity index (χ4v) is 2.69. The Kier molecular flexibility index (Phi) is 5.19. The molecule has 0 aromatic heterocycles. The maximum atomic E-state index is 5.54. The number of hydrogen-bond acceptors (Lipinski definition) is 4. The van der Waals surface area contributed by atoms with Crippen LogP contribution >= 0.6 is 0 Å². The van der Waals surface area contributed by atoms with Crippen molar-refractivity contribution in [2.75, 3.05) is 40.3 Å². The molecular weight excluding hydrogens is 238 g/mol. The van der Waals surface area contributed by atoms with Gasteiger partial charge in [0.1, 0.15) is 5.75 Å². The maximum Gasteiger partial charge on any atom is 0.125 e. The van der Waals surface area contributed by atoms with Gasteiger partial charge in [0.2, 0.25) is 0 Å². The first-order chi connectivity index (χ1) is 9.30. The second-order valence-corrected chi connectivity index (χ2v) is 4.91. The lowest BCUT2D eigenvalue weighted by molar-refractivity contribution is 0.150. The van der Waals surface area contributed by atoms with Crippen molar-refractivity contribution in [2.24, 2.45) is 0 Å². The number of aryl methyl sites for hydroxylation is 1. The van der Waals surface area contributed by atoms with Crippen LogP contribution in [0.15, 0.2) is 18.2 Å². The van der Waals surface area contributed by atoms with E-state index in [0.717, 1.165) is 38.3 Å². The zero-order valence-electron chi connectivity index (χ0n) is 12.2. The molecule has 1 aliphatic heterocycles. The fourth-order valence-electron chi connectivity index (χ4n) is 2.69. The molecule has 0 spiro atoms. The van der Waals surface area contributed by atoms with Crippen LogP contribution in [0.5, 0.6) is 5.75 Å². The normalized spacial score (nSPS) is 18.3. The van der Waals surface area contributed by atoms with Gasteiger partial charge in [0.15, 0.2) is 0 Å². The van der Waals surface area contributed by atoms with Crippen molar-refractivity contribution in [2.45, 2.75) is 19.5 Å². The van der Waals surface area contributed by atoms with Gasteiger partial charge in [0.05, 0.1) is 13.3 Å². The van der Waals surface area contributed by atoms with Crippen LogP contribution in [0.4, 0.5) is 0 Å². The number of rotatable bonds is 5. The van der Waals surface area contributed by atoms with E-state index in [1.165, 1.54) is 11.1 Å². The third-order valence-corrected chi connectivity index (χ3v) is 3.79. The van der Waals surface area contributed by atoms with Crippen LogP contribution in [0.2, 0.25) is 0 Å². The van der Waals surface area contributed by atoms with Crippen LogP contribution in [0, 0.1) is 0 Å². The molecule has 1 aromatic rings. The topological polar surface area (TPSA) is 36.5 Å². The molecule has 106 valence electrons. The lowest BCUT2D eigenvalue weighted by Gasteiger charge is -2.35. The Morgan fingerprint density at radius 2 is 2.11 bits per heavy atom. The van der Waals surface area contributed by atoms with Crippen LogP contribution in [0.25, 0.3) is 0 Å². The van der Waals surface area contributed by atoms with E-state index < -0.39 is 0 Å². The summed E-state index contributed by atoms with van der Waals surface area (Å²) in [5, 5.41) is 6.83. The van der Waals surface area contributed by atoms with Gasteiger partial charge in [-0.15, -0.1) is 0 Å². The number of benzene rings is 1. The summed E-state index contributed by atoms with van der Waals surface area (Å²) in [6.45, 7) is 6.41. The molecule has 1 aliphatic rings. The quantitative estimate of drug-likeness (QED) is 0.841. The Labute approximate surface area is 116 Å². The number of ether oxygens (including phenoxy) is 1. The zero-order valence-corrected chi connectivity index (χ0v) is 12.2. The van der Waals surface area contributed by atoms with Gasteiger partial charge in [-0.3, -0.25) is 4.90 Å². The standard InChI is InChI=1S/C15H25N3O/c1-4-12-5-6-14(19-3)13(11-12)15(16-2)18-9-7-17-8-10-18/h5-6,11,15-17H,4,7-10H2,1-3H3. The third-order valence-electron chi connectivity index (χ3n) is 3.79. The Balaban J connectivity index is 2.29. The summed E-state index contributed by atoms with van der Waals surface area (Å²) in [6.07, 6.45) is 1.28. The molecule has 19 heavy (non-hydrogen) atoms. The zero-order chi connectivity index (χ0) is 13.7. The third kappa shape index (κ3) is 3.26. The predicted molar refractivity (Wildman–Crippen MR) is 78.6 cm³/mol. The van der Waals surface area contributed by atoms with E-state index in [-0.39, 0.29) is 6.17 Å². The number of nitrogens with zero attached hydrogens (tertiary/aromatic N) is 1. The van der Waals surface area contributed by atoms with Crippen molar-refractivity contribution < 1.29 is 4.74 Å². The van der Waals surface area contributed by atoms with Gasteiger partial charge >= 0.3 is 0 Å². The van der Waals surface area contributed by atoms with Crippen molar-refractivity contribution in [3.8, 4) is 5.75 Å². The lowest BCUT2D eigenvalue weighted by Crippen LogP contribution is -2.48. The van der Waals surface area contributed by atoms with Crippen molar-refractivity contribution in [1.82, 2.24) is 15.5 Å². The van der Waals surface area contributed by atoms with Gasteiger partial charge < -0.3 is 15.4 Å². The number of methoxy groups -OCH3 is 1. The van der Waals surface area contributed by atoms with E-state index in [2.05, 4.69) is 40.7 Å². The Morgan fingerprint density at radius 1 is 1.37 bits per heavy atom. The number of hydrogen-bond donors (Lipinski definition) is 2. The highest BCUT2D eigenvalue weighted by Crippen LogP contribution is 2.29. The van der Waals surface area contributed by atoms with E-state index in [9.17, 15) is 0 Å². The van der Waals surface area contributed by atoms with E-state index in [0.29, 0.717) is 0 Å². The summed E-state index contributed by atoms with van der Waals surface area (Å²) >= 11 is 0. The molecular formula is C15H25N3O. The molecule has 1 unspecified atom stereocenters. The Morgan fingerprint density at radius 3 is 2.68 bits per heavy atom. The summed E-state index contributed by atoms with van der Waals surface area (Å²) < 4.78 is 5.54. The van der Waals surface area contributed by atoms with Gasteiger partial charge in [-0.1, -0.05) is 13.0 Å². The lowest BCUT2D eigenvalue weighted by atomic mass is 10.0. The highest BCUT2D eigenvalue weighted by Gasteiger charge is 2.23. The number of piperazine rings is 1. The Hall–Kier alpha value is -1.10. The van der Waals surface area contributed by atoms with Crippen molar-refractivity contribution in [1.29, 1.82) is 0 Å². The molecule has 1 heterocycles. The van der Waals surface area contributed by atoms with Gasteiger partial charge in [-0.25, -0.2) is 0 Å². The second-order valence-electron chi connectivity index (χ2n) is 4.91. The molecule has 4 heteroatoms. The predicted octanol–water partition coefficient (Wildman–Crippen LogP) is 1.38. The van der Waals surface area contributed by atoms with E-state index >= 15 is 0 Å². The first-order valence-electron chi connectivity index (χ1n) is 7.09. The van der Waals surface area contributed by atoms with Gasteiger partial charge in [-0.2, -0.15) is 0 Å². The summed E-state index contributed by atoms with van der Waals surface area (Å²) in [7, 11) is 3.76. The summed E-state index contributed by atoms with van der Waals surface area (Å²) in [5.41, 5.74) is 2.59. The van der Waals surface area contributed by atoms with Crippen LogP contribution in [-0.4, -0.2) is 45.2 Å².